The fraction of sp³-hybridized carbons (Fsp3) is 0.261. The standard InChI is InChI=1S/C23H22N4O2/c1-2-29-19-14-7-6-11-16(19)21-20-17(12-8-13-18(20)28)24-23-25-22(26-27(21)23)15-9-4-3-5-10-15/h3-7,9-11,14,21H,2,8,12-13H2,1H3,(H,24,25,26). The fourth-order valence-corrected chi connectivity index (χ4v) is 4.15. The summed E-state index contributed by atoms with van der Waals surface area (Å²) in [5.41, 5.74) is 3.61. The maximum absolute atomic E-state index is 13.0. The zero-order valence-corrected chi connectivity index (χ0v) is 16.3. The SMILES string of the molecule is CCOc1ccccc1C1C2=C(CCCC2=O)Nc2nc(-c3ccccc3)nn21. The summed E-state index contributed by atoms with van der Waals surface area (Å²) >= 11 is 0. The van der Waals surface area contributed by atoms with Crippen molar-refractivity contribution < 1.29 is 9.53 Å². The second-order valence-electron chi connectivity index (χ2n) is 7.24. The van der Waals surface area contributed by atoms with Crippen molar-refractivity contribution in [1.82, 2.24) is 14.8 Å². The van der Waals surface area contributed by atoms with Crippen molar-refractivity contribution >= 4 is 11.7 Å². The first-order chi connectivity index (χ1) is 14.3. The summed E-state index contributed by atoms with van der Waals surface area (Å²) in [6, 6.07) is 17.4. The molecule has 6 nitrogen and oxygen atoms in total. The summed E-state index contributed by atoms with van der Waals surface area (Å²) in [6.07, 6.45) is 2.25. The molecular formula is C23H22N4O2. The third kappa shape index (κ3) is 3.01. The van der Waals surface area contributed by atoms with Gasteiger partial charge in [-0.25, -0.2) is 4.68 Å². The van der Waals surface area contributed by atoms with Crippen LogP contribution >= 0.6 is 0 Å². The lowest BCUT2D eigenvalue weighted by atomic mass is 9.85. The second-order valence-corrected chi connectivity index (χ2v) is 7.24. The van der Waals surface area contributed by atoms with Crippen molar-refractivity contribution in [1.29, 1.82) is 0 Å². The Bertz CT molecular complexity index is 1100. The van der Waals surface area contributed by atoms with E-state index in [1.54, 1.807) is 0 Å². The quantitative estimate of drug-likeness (QED) is 0.721. The summed E-state index contributed by atoms with van der Waals surface area (Å²) in [7, 11) is 0. The van der Waals surface area contributed by atoms with Crippen molar-refractivity contribution in [2.75, 3.05) is 11.9 Å². The third-order valence-electron chi connectivity index (χ3n) is 5.41. The third-order valence-corrected chi connectivity index (χ3v) is 5.41. The Morgan fingerprint density at radius 3 is 2.72 bits per heavy atom. The Morgan fingerprint density at radius 1 is 1.10 bits per heavy atom. The van der Waals surface area contributed by atoms with E-state index >= 15 is 0 Å². The molecule has 29 heavy (non-hydrogen) atoms. The highest BCUT2D eigenvalue weighted by Crippen LogP contribution is 2.43. The van der Waals surface area contributed by atoms with Gasteiger partial charge < -0.3 is 10.1 Å². The van der Waals surface area contributed by atoms with Gasteiger partial charge in [0.05, 0.1) is 6.61 Å². The van der Waals surface area contributed by atoms with Crippen LogP contribution in [-0.4, -0.2) is 27.2 Å². The van der Waals surface area contributed by atoms with Crippen molar-refractivity contribution in [2.24, 2.45) is 0 Å². The first-order valence-electron chi connectivity index (χ1n) is 10.0. The number of carbonyl (C=O) groups excluding carboxylic acids is 1. The summed E-state index contributed by atoms with van der Waals surface area (Å²) in [5.74, 6) is 2.24. The van der Waals surface area contributed by atoms with Crippen LogP contribution in [0, 0.1) is 0 Å². The smallest absolute Gasteiger partial charge is 0.226 e. The zero-order chi connectivity index (χ0) is 19.8. The molecule has 0 radical (unpaired) electrons. The molecule has 0 saturated heterocycles. The molecule has 5 rings (SSSR count). The minimum absolute atomic E-state index is 0.164. The Kier molecular flexibility index (Phi) is 4.39. The first kappa shape index (κ1) is 17.7. The summed E-state index contributed by atoms with van der Waals surface area (Å²) < 4.78 is 7.73. The molecule has 6 heteroatoms. The van der Waals surface area contributed by atoms with E-state index in [1.165, 1.54) is 0 Å². The lowest BCUT2D eigenvalue weighted by Gasteiger charge is -2.32. The molecule has 1 unspecified atom stereocenters. The number of Topliss-reactive ketones (excluding diaryl/α,β-unsaturated/α-hetero) is 1. The van der Waals surface area contributed by atoms with E-state index < -0.39 is 0 Å². The molecule has 0 saturated carbocycles. The predicted octanol–water partition coefficient (Wildman–Crippen LogP) is 4.37. The highest BCUT2D eigenvalue weighted by atomic mass is 16.5. The van der Waals surface area contributed by atoms with Gasteiger partial charge in [-0.05, 0) is 25.8 Å². The van der Waals surface area contributed by atoms with E-state index in [4.69, 9.17) is 14.8 Å². The highest BCUT2D eigenvalue weighted by molar-refractivity contribution is 5.99. The van der Waals surface area contributed by atoms with Crippen molar-refractivity contribution in [3.63, 3.8) is 0 Å². The number of para-hydroxylation sites is 1. The molecular weight excluding hydrogens is 364 g/mol. The number of ketones is 1. The molecule has 2 aromatic carbocycles. The Morgan fingerprint density at radius 2 is 1.90 bits per heavy atom. The molecule has 1 aromatic heterocycles. The predicted molar refractivity (Wildman–Crippen MR) is 111 cm³/mol. The number of benzene rings is 2. The van der Waals surface area contributed by atoms with Crippen LogP contribution < -0.4 is 10.1 Å². The molecule has 0 amide bonds. The number of hydrogen-bond donors (Lipinski definition) is 1. The van der Waals surface area contributed by atoms with E-state index in [9.17, 15) is 4.79 Å². The number of carbonyl (C=O) groups is 1. The molecule has 1 atom stereocenters. The van der Waals surface area contributed by atoms with Crippen molar-refractivity contribution in [3.05, 3.63) is 71.4 Å². The molecule has 3 aromatic rings. The number of rotatable bonds is 4. The van der Waals surface area contributed by atoms with Crippen LogP contribution in [0.1, 0.15) is 37.8 Å². The maximum atomic E-state index is 13.0. The van der Waals surface area contributed by atoms with Gasteiger partial charge in [0.25, 0.3) is 0 Å². The Hall–Kier alpha value is -3.41. The molecule has 2 aliphatic rings. The fourth-order valence-electron chi connectivity index (χ4n) is 4.15. The molecule has 1 aliphatic heterocycles. The van der Waals surface area contributed by atoms with Gasteiger partial charge in [0.15, 0.2) is 11.6 Å². The normalized spacial score (nSPS) is 18.1. The second kappa shape index (κ2) is 7.20. The number of anilines is 1. The molecule has 1 aliphatic carbocycles. The molecule has 146 valence electrons. The summed E-state index contributed by atoms with van der Waals surface area (Å²) in [5, 5.41) is 8.18. The average Bonchev–Trinajstić information content (AvgIpc) is 3.18. The number of fused-ring (bicyclic) bond motifs is 1. The monoisotopic (exact) mass is 386 g/mol. The lowest BCUT2D eigenvalue weighted by Crippen LogP contribution is -2.31. The van der Waals surface area contributed by atoms with E-state index in [-0.39, 0.29) is 11.8 Å². The lowest BCUT2D eigenvalue weighted by molar-refractivity contribution is -0.116. The molecule has 2 heterocycles. The van der Waals surface area contributed by atoms with Crippen LogP contribution in [0.15, 0.2) is 65.9 Å². The first-order valence-corrected chi connectivity index (χ1v) is 10.0. The van der Waals surface area contributed by atoms with Gasteiger partial charge >= 0.3 is 0 Å². The number of nitrogens with zero attached hydrogens (tertiary/aromatic N) is 3. The van der Waals surface area contributed by atoms with E-state index in [1.807, 2.05) is 66.2 Å². The number of nitrogens with one attached hydrogen (secondary N) is 1. The van der Waals surface area contributed by atoms with E-state index in [2.05, 4.69) is 5.32 Å². The minimum atomic E-state index is -0.346. The zero-order valence-electron chi connectivity index (χ0n) is 16.3. The molecule has 1 N–H and O–H groups in total. The highest BCUT2D eigenvalue weighted by Gasteiger charge is 2.38. The maximum Gasteiger partial charge on any atom is 0.226 e. The average molecular weight is 386 g/mol. The number of allylic oxidation sites excluding steroid dienone is 2. The van der Waals surface area contributed by atoms with Gasteiger partial charge in [-0.1, -0.05) is 48.5 Å². The van der Waals surface area contributed by atoms with Crippen LogP contribution in [0.2, 0.25) is 0 Å². The largest absolute Gasteiger partial charge is 0.494 e. The Balaban J connectivity index is 1.70. The number of ether oxygens (including phenoxy) is 1. The van der Waals surface area contributed by atoms with E-state index in [0.29, 0.717) is 24.8 Å². The van der Waals surface area contributed by atoms with Gasteiger partial charge in [0.1, 0.15) is 11.8 Å². The van der Waals surface area contributed by atoms with Gasteiger partial charge in [-0.3, -0.25) is 4.79 Å². The number of aromatic nitrogens is 3. The molecule has 0 bridgehead atoms. The number of hydrogen-bond acceptors (Lipinski definition) is 5. The van der Waals surface area contributed by atoms with Crippen LogP contribution in [0.5, 0.6) is 5.75 Å². The van der Waals surface area contributed by atoms with Crippen molar-refractivity contribution in [2.45, 2.75) is 32.2 Å². The van der Waals surface area contributed by atoms with E-state index in [0.717, 1.165) is 41.0 Å². The minimum Gasteiger partial charge on any atom is -0.494 e. The summed E-state index contributed by atoms with van der Waals surface area (Å²) in [6.45, 7) is 2.52. The summed E-state index contributed by atoms with van der Waals surface area (Å²) in [4.78, 5) is 17.7. The topological polar surface area (TPSA) is 69.0 Å². The van der Waals surface area contributed by atoms with Gasteiger partial charge in [-0.15, -0.1) is 5.10 Å². The van der Waals surface area contributed by atoms with Crippen LogP contribution in [0.25, 0.3) is 11.4 Å². The van der Waals surface area contributed by atoms with Crippen LogP contribution in [0.4, 0.5) is 5.95 Å². The van der Waals surface area contributed by atoms with Crippen LogP contribution in [0.3, 0.4) is 0 Å². The van der Waals surface area contributed by atoms with Gasteiger partial charge in [-0.2, -0.15) is 4.98 Å². The molecule has 0 spiro atoms. The van der Waals surface area contributed by atoms with Gasteiger partial charge in [0.2, 0.25) is 5.95 Å². The Labute approximate surface area is 169 Å². The molecule has 0 fully saturated rings. The van der Waals surface area contributed by atoms with Gasteiger partial charge in [0, 0.05) is 28.8 Å². The van der Waals surface area contributed by atoms with Crippen LogP contribution in [-0.2, 0) is 4.79 Å². The van der Waals surface area contributed by atoms with Crippen molar-refractivity contribution in [3.8, 4) is 17.1 Å².